The van der Waals surface area contributed by atoms with Gasteiger partial charge in [0.05, 0.1) is 0 Å². The van der Waals surface area contributed by atoms with Gasteiger partial charge in [-0.2, -0.15) is 0 Å². The minimum Gasteiger partial charge on any atom is -0.454 e. The maximum atomic E-state index is 5.87. The first-order valence-electron chi connectivity index (χ1n) is 6.85. The summed E-state index contributed by atoms with van der Waals surface area (Å²) in [4.78, 5) is 9.05. The van der Waals surface area contributed by atoms with Crippen LogP contribution in [-0.2, 0) is 6.42 Å². The van der Waals surface area contributed by atoms with Gasteiger partial charge in [-0.15, -0.1) is 0 Å². The van der Waals surface area contributed by atoms with Crippen LogP contribution in [0.3, 0.4) is 0 Å². The molecule has 2 aromatic heterocycles. The standard InChI is InChI=1S/C16H17N3O/c1-3-6-15-18-12(10-16(17-2)19-15)14-9-11-7-4-5-8-13(11)20-14/h4-5,7-10H,3,6H2,1-2H3,(H,17,18,19). The Balaban J connectivity index is 2.09. The van der Waals surface area contributed by atoms with Crippen LogP contribution in [0.1, 0.15) is 19.2 Å². The lowest BCUT2D eigenvalue weighted by Crippen LogP contribution is -2.01. The minimum absolute atomic E-state index is 0.780. The van der Waals surface area contributed by atoms with Gasteiger partial charge in [0.25, 0.3) is 0 Å². The van der Waals surface area contributed by atoms with E-state index < -0.39 is 0 Å². The number of furan rings is 1. The Morgan fingerprint density at radius 2 is 2.00 bits per heavy atom. The zero-order valence-electron chi connectivity index (χ0n) is 11.7. The number of hydrogen-bond acceptors (Lipinski definition) is 4. The van der Waals surface area contributed by atoms with E-state index in [9.17, 15) is 0 Å². The van der Waals surface area contributed by atoms with E-state index in [1.165, 1.54) is 0 Å². The van der Waals surface area contributed by atoms with Crippen molar-refractivity contribution in [2.45, 2.75) is 19.8 Å². The number of aryl methyl sites for hydroxylation is 1. The summed E-state index contributed by atoms with van der Waals surface area (Å²) in [6, 6.07) is 11.9. The summed E-state index contributed by atoms with van der Waals surface area (Å²) >= 11 is 0. The van der Waals surface area contributed by atoms with Crippen LogP contribution in [0.15, 0.2) is 40.8 Å². The minimum atomic E-state index is 0.780. The van der Waals surface area contributed by atoms with Gasteiger partial charge in [-0.25, -0.2) is 9.97 Å². The number of fused-ring (bicyclic) bond motifs is 1. The summed E-state index contributed by atoms with van der Waals surface area (Å²) in [5.41, 5.74) is 1.70. The molecule has 102 valence electrons. The summed E-state index contributed by atoms with van der Waals surface area (Å²) in [6.45, 7) is 2.12. The second-order valence-corrected chi connectivity index (χ2v) is 4.70. The fraction of sp³-hybridized carbons (Fsp3) is 0.250. The Labute approximate surface area is 117 Å². The van der Waals surface area contributed by atoms with Crippen molar-refractivity contribution in [3.8, 4) is 11.5 Å². The number of nitrogens with zero attached hydrogens (tertiary/aromatic N) is 2. The van der Waals surface area contributed by atoms with Crippen molar-refractivity contribution in [2.75, 3.05) is 12.4 Å². The van der Waals surface area contributed by atoms with Gasteiger partial charge in [0.15, 0.2) is 5.76 Å². The summed E-state index contributed by atoms with van der Waals surface area (Å²) in [5.74, 6) is 2.44. The Kier molecular flexibility index (Phi) is 3.37. The molecule has 4 nitrogen and oxygen atoms in total. The molecule has 0 amide bonds. The van der Waals surface area contributed by atoms with Gasteiger partial charge < -0.3 is 9.73 Å². The molecule has 20 heavy (non-hydrogen) atoms. The van der Waals surface area contributed by atoms with Crippen LogP contribution in [0.25, 0.3) is 22.4 Å². The normalized spacial score (nSPS) is 10.9. The lowest BCUT2D eigenvalue weighted by atomic mass is 10.2. The van der Waals surface area contributed by atoms with Crippen molar-refractivity contribution in [2.24, 2.45) is 0 Å². The van der Waals surface area contributed by atoms with E-state index in [0.717, 1.165) is 46.9 Å². The molecular formula is C16H17N3O. The number of benzene rings is 1. The molecule has 0 atom stereocenters. The Bertz CT molecular complexity index is 700. The molecule has 0 spiro atoms. The number of para-hydroxylation sites is 1. The van der Waals surface area contributed by atoms with Crippen molar-refractivity contribution in [1.82, 2.24) is 9.97 Å². The fourth-order valence-electron chi connectivity index (χ4n) is 2.19. The summed E-state index contributed by atoms with van der Waals surface area (Å²) in [5, 5.41) is 4.16. The molecular weight excluding hydrogens is 250 g/mol. The van der Waals surface area contributed by atoms with Gasteiger partial charge in [0.1, 0.15) is 22.9 Å². The maximum Gasteiger partial charge on any atom is 0.154 e. The van der Waals surface area contributed by atoms with Crippen molar-refractivity contribution in [1.29, 1.82) is 0 Å². The topological polar surface area (TPSA) is 51.0 Å². The van der Waals surface area contributed by atoms with E-state index in [1.807, 2.05) is 43.4 Å². The quantitative estimate of drug-likeness (QED) is 0.779. The lowest BCUT2D eigenvalue weighted by molar-refractivity contribution is 0.627. The molecule has 0 bridgehead atoms. The predicted octanol–water partition coefficient (Wildman–Crippen LogP) is 3.88. The third-order valence-corrected chi connectivity index (χ3v) is 3.18. The lowest BCUT2D eigenvalue weighted by Gasteiger charge is -2.05. The average Bonchev–Trinajstić information content (AvgIpc) is 2.91. The van der Waals surface area contributed by atoms with Crippen molar-refractivity contribution in [3.63, 3.8) is 0 Å². The van der Waals surface area contributed by atoms with Crippen LogP contribution in [0.2, 0.25) is 0 Å². The van der Waals surface area contributed by atoms with Crippen LogP contribution in [0.5, 0.6) is 0 Å². The molecule has 1 aromatic carbocycles. The summed E-state index contributed by atoms with van der Waals surface area (Å²) < 4.78 is 5.87. The molecule has 4 heteroatoms. The molecule has 0 saturated heterocycles. The van der Waals surface area contributed by atoms with Crippen molar-refractivity contribution in [3.05, 3.63) is 42.2 Å². The van der Waals surface area contributed by atoms with Crippen LogP contribution in [-0.4, -0.2) is 17.0 Å². The monoisotopic (exact) mass is 267 g/mol. The van der Waals surface area contributed by atoms with E-state index in [1.54, 1.807) is 0 Å². The van der Waals surface area contributed by atoms with Crippen molar-refractivity contribution < 1.29 is 4.42 Å². The molecule has 0 radical (unpaired) electrons. The second kappa shape index (κ2) is 5.33. The fourth-order valence-corrected chi connectivity index (χ4v) is 2.19. The molecule has 0 aliphatic heterocycles. The van der Waals surface area contributed by atoms with Crippen molar-refractivity contribution >= 4 is 16.8 Å². The molecule has 0 saturated carbocycles. The molecule has 1 N–H and O–H groups in total. The molecule has 0 aliphatic carbocycles. The SMILES string of the molecule is CCCc1nc(NC)cc(-c2cc3ccccc3o2)n1. The Morgan fingerprint density at radius 1 is 1.15 bits per heavy atom. The first-order valence-corrected chi connectivity index (χ1v) is 6.85. The van der Waals surface area contributed by atoms with E-state index in [4.69, 9.17) is 4.42 Å². The molecule has 3 rings (SSSR count). The molecule has 0 fully saturated rings. The highest BCUT2D eigenvalue weighted by Gasteiger charge is 2.10. The number of aromatic nitrogens is 2. The summed E-state index contributed by atoms with van der Waals surface area (Å²) in [6.07, 6.45) is 1.88. The van der Waals surface area contributed by atoms with Crippen LogP contribution in [0.4, 0.5) is 5.82 Å². The van der Waals surface area contributed by atoms with Gasteiger partial charge >= 0.3 is 0 Å². The predicted molar refractivity (Wildman–Crippen MR) is 80.8 cm³/mol. The average molecular weight is 267 g/mol. The zero-order chi connectivity index (χ0) is 13.9. The molecule has 2 heterocycles. The first kappa shape index (κ1) is 12.7. The largest absolute Gasteiger partial charge is 0.454 e. The van der Waals surface area contributed by atoms with Gasteiger partial charge in [-0.1, -0.05) is 25.1 Å². The second-order valence-electron chi connectivity index (χ2n) is 4.70. The summed E-state index contributed by atoms with van der Waals surface area (Å²) in [7, 11) is 1.86. The van der Waals surface area contributed by atoms with E-state index in [-0.39, 0.29) is 0 Å². The molecule has 3 aromatic rings. The first-order chi connectivity index (χ1) is 9.80. The molecule has 0 unspecified atom stereocenters. The van der Waals surface area contributed by atoms with E-state index in [2.05, 4.69) is 22.2 Å². The van der Waals surface area contributed by atoms with Gasteiger partial charge in [-0.3, -0.25) is 0 Å². The highest BCUT2D eigenvalue weighted by molar-refractivity contribution is 5.82. The number of nitrogens with one attached hydrogen (secondary N) is 1. The maximum absolute atomic E-state index is 5.87. The smallest absolute Gasteiger partial charge is 0.154 e. The van der Waals surface area contributed by atoms with Gasteiger partial charge in [0, 0.05) is 24.9 Å². The van der Waals surface area contributed by atoms with Crippen LogP contribution < -0.4 is 5.32 Å². The number of hydrogen-bond donors (Lipinski definition) is 1. The third-order valence-electron chi connectivity index (χ3n) is 3.18. The van der Waals surface area contributed by atoms with Crippen LogP contribution in [0, 0.1) is 0 Å². The Hall–Kier alpha value is -2.36. The van der Waals surface area contributed by atoms with Gasteiger partial charge in [-0.05, 0) is 18.6 Å². The highest BCUT2D eigenvalue weighted by Crippen LogP contribution is 2.27. The zero-order valence-corrected chi connectivity index (χ0v) is 11.7. The van der Waals surface area contributed by atoms with Gasteiger partial charge in [0.2, 0.25) is 0 Å². The highest BCUT2D eigenvalue weighted by atomic mass is 16.3. The van der Waals surface area contributed by atoms with Crippen LogP contribution >= 0.6 is 0 Å². The van der Waals surface area contributed by atoms with E-state index in [0.29, 0.717) is 0 Å². The number of anilines is 1. The number of rotatable bonds is 4. The Morgan fingerprint density at radius 3 is 2.75 bits per heavy atom. The molecule has 0 aliphatic rings. The third kappa shape index (κ3) is 2.37. The van der Waals surface area contributed by atoms with E-state index >= 15 is 0 Å².